The van der Waals surface area contributed by atoms with Crippen molar-refractivity contribution in [1.29, 1.82) is 0 Å². The second-order valence-corrected chi connectivity index (χ2v) is 14.7. The summed E-state index contributed by atoms with van der Waals surface area (Å²) in [6.07, 6.45) is 2.72. The second-order valence-electron chi connectivity index (χ2n) is 9.86. The Labute approximate surface area is 172 Å². The number of allylic oxidation sites excluding steroid dienone is 2. The first-order valence-electron chi connectivity index (χ1n) is 10.3. The van der Waals surface area contributed by atoms with E-state index < -0.39 is 14.4 Å². The van der Waals surface area contributed by atoms with Crippen molar-refractivity contribution in [2.24, 2.45) is 17.8 Å². The Morgan fingerprint density at radius 1 is 1.21 bits per heavy atom. The summed E-state index contributed by atoms with van der Waals surface area (Å²) < 4.78 is 16.8. The Morgan fingerprint density at radius 3 is 2.32 bits per heavy atom. The van der Waals surface area contributed by atoms with Gasteiger partial charge in [0.1, 0.15) is 12.9 Å². The molecule has 0 N–H and O–H groups in total. The van der Waals surface area contributed by atoms with Crippen LogP contribution in [0.1, 0.15) is 54.4 Å². The number of hydrogen-bond donors (Lipinski definition) is 0. The molecule has 0 aromatic carbocycles. The minimum Gasteiger partial charge on any atom is -0.410 e. The summed E-state index contributed by atoms with van der Waals surface area (Å²) >= 11 is 0. The van der Waals surface area contributed by atoms with Gasteiger partial charge in [-0.05, 0) is 43.8 Å². The minimum atomic E-state index is -2.02. The lowest BCUT2D eigenvalue weighted by Crippen LogP contribution is -2.45. The van der Waals surface area contributed by atoms with E-state index in [0.717, 1.165) is 5.57 Å². The molecule has 162 valence electrons. The van der Waals surface area contributed by atoms with Crippen LogP contribution in [0.5, 0.6) is 0 Å². The predicted octanol–water partition coefficient (Wildman–Crippen LogP) is 4.76. The van der Waals surface area contributed by atoms with Crippen LogP contribution in [0.3, 0.4) is 0 Å². The summed E-state index contributed by atoms with van der Waals surface area (Å²) in [4.78, 5) is 26.3. The summed E-state index contributed by atoms with van der Waals surface area (Å²) in [7, 11) is -0.476. The molecular weight excluding hydrogens is 372 g/mol. The molecule has 0 bridgehead atoms. The molecule has 6 heteroatoms. The van der Waals surface area contributed by atoms with Gasteiger partial charge in [0.25, 0.3) is 0 Å². The van der Waals surface area contributed by atoms with Crippen molar-refractivity contribution in [3.05, 3.63) is 11.6 Å². The van der Waals surface area contributed by atoms with E-state index >= 15 is 0 Å². The highest BCUT2D eigenvalue weighted by atomic mass is 28.4. The fourth-order valence-electron chi connectivity index (χ4n) is 3.25. The van der Waals surface area contributed by atoms with Gasteiger partial charge in [0.2, 0.25) is 0 Å². The Hall–Kier alpha value is -0.823. The molecule has 1 aliphatic carbocycles. The van der Waals surface area contributed by atoms with Crippen LogP contribution in [0.2, 0.25) is 18.1 Å². The lowest BCUT2D eigenvalue weighted by molar-refractivity contribution is -0.152. The average molecular weight is 413 g/mol. The molecule has 1 rings (SSSR count). The van der Waals surface area contributed by atoms with Gasteiger partial charge in [0, 0.05) is 18.9 Å². The third kappa shape index (κ3) is 6.61. The van der Waals surface area contributed by atoms with Crippen LogP contribution >= 0.6 is 0 Å². The second kappa shape index (κ2) is 10.3. The predicted molar refractivity (Wildman–Crippen MR) is 115 cm³/mol. The maximum Gasteiger partial charge on any atom is 0.192 e. The van der Waals surface area contributed by atoms with E-state index in [9.17, 15) is 9.59 Å². The number of hydrogen-bond acceptors (Lipinski definition) is 5. The third-order valence-corrected chi connectivity index (χ3v) is 10.6. The molecule has 3 atom stereocenters. The number of methoxy groups -OCH3 is 1. The smallest absolute Gasteiger partial charge is 0.192 e. The molecule has 1 aliphatic rings. The van der Waals surface area contributed by atoms with Gasteiger partial charge in [0.15, 0.2) is 19.9 Å². The van der Waals surface area contributed by atoms with Crippen molar-refractivity contribution in [3.63, 3.8) is 0 Å². The van der Waals surface area contributed by atoms with Gasteiger partial charge < -0.3 is 13.9 Å². The van der Waals surface area contributed by atoms with Gasteiger partial charge in [-0.1, -0.05) is 46.3 Å². The summed E-state index contributed by atoms with van der Waals surface area (Å²) in [5.41, 5.74) is 1.16. The highest BCUT2D eigenvalue weighted by Gasteiger charge is 2.42. The van der Waals surface area contributed by atoms with Crippen LogP contribution in [-0.2, 0) is 23.5 Å². The van der Waals surface area contributed by atoms with Gasteiger partial charge in [-0.25, -0.2) is 0 Å². The van der Waals surface area contributed by atoms with Gasteiger partial charge in [-0.3, -0.25) is 9.59 Å². The minimum absolute atomic E-state index is 0.00137. The SMILES string of the molecule is COCO[C@@H](C(=O)[C@@H]1CC=C(C)C[C@H]1C(=O)CO[Si](C)(C)C(C)(C)C)C(C)C. The molecule has 0 aromatic heterocycles. The van der Waals surface area contributed by atoms with E-state index in [0.29, 0.717) is 12.8 Å². The van der Waals surface area contributed by atoms with Crippen molar-refractivity contribution in [2.75, 3.05) is 20.5 Å². The maximum atomic E-state index is 13.2. The molecule has 0 saturated carbocycles. The normalized spacial score (nSPS) is 22.1. The molecule has 0 saturated heterocycles. The molecular formula is C22H40O5Si. The van der Waals surface area contributed by atoms with E-state index in [4.69, 9.17) is 13.9 Å². The van der Waals surface area contributed by atoms with Crippen LogP contribution in [0.4, 0.5) is 0 Å². The average Bonchev–Trinajstić information content (AvgIpc) is 2.58. The first-order chi connectivity index (χ1) is 12.8. The van der Waals surface area contributed by atoms with Crippen molar-refractivity contribution in [3.8, 4) is 0 Å². The van der Waals surface area contributed by atoms with Crippen LogP contribution in [-0.4, -0.2) is 46.5 Å². The van der Waals surface area contributed by atoms with Crippen molar-refractivity contribution < 1.29 is 23.5 Å². The fraction of sp³-hybridized carbons (Fsp3) is 0.818. The molecule has 5 nitrogen and oxygen atoms in total. The summed E-state index contributed by atoms with van der Waals surface area (Å²) in [6, 6.07) is 0. The Kier molecular flexibility index (Phi) is 9.26. The first-order valence-corrected chi connectivity index (χ1v) is 13.2. The van der Waals surface area contributed by atoms with E-state index in [2.05, 4.69) is 39.9 Å². The Morgan fingerprint density at radius 2 is 1.82 bits per heavy atom. The van der Waals surface area contributed by atoms with Crippen LogP contribution in [0.25, 0.3) is 0 Å². The van der Waals surface area contributed by atoms with E-state index in [1.54, 1.807) is 7.11 Å². The van der Waals surface area contributed by atoms with Crippen LogP contribution in [0.15, 0.2) is 11.6 Å². The lowest BCUT2D eigenvalue weighted by Gasteiger charge is -2.37. The first kappa shape index (κ1) is 25.2. The number of carbonyl (C=O) groups is 2. The molecule has 0 unspecified atom stereocenters. The highest BCUT2D eigenvalue weighted by Crippen LogP contribution is 2.38. The van der Waals surface area contributed by atoms with Gasteiger partial charge in [-0.2, -0.15) is 0 Å². The topological polar surface area (TPSA) is 61.8 Å². The number of rotatable bonds is 10. The van der Waals surface area contributed by atoms with Crippen LogP contribution in [0, 0.1) is 17.8 Å². The summed E-state index contributed by atoms with van der Waals surface area (Å²) in [6.45, 7) is 16.9. The number of ketones is 2. The Balaban J connectivity index is 2.95. The molecule has 0 heterocycles. The summed E-state index contributed by atoms with van der Waals surface area (Å²) in [5, 5.41) is 0.0433. The number of ether oxygens (including phenoxy) is 2. The Bertz CT molecular complexity index is 574. The van der Waals surface area contributed by atoms with E-state index in [1.165, 1.54) is 0 Å². The zero-order chi connectivity index (χ0) is 21.7. The number of Topliss-reactive ketones (excluding diaryl/α,β-unsaturated/α-hetero) is 2. The van der Waals surface area contributed by atoms with Gasteiger partial charge in [-0.15, -0.1) is 0 Å². The maximum absolute atomic E-state index is 13.2. The standard InChI is InChI=1S/C22H40O5Si/c1-15(2)21(26-14-25-7)20(24)17-11-10-16(3)12-18(17)19(23)13-27-28(8,9)22(4,5)6/h10,15,17-18,21H,11-14H2,1-9H3/t17-,18-,21-/m1/s1. The summed E-state index contributed by atoms with van der Waals surface area (Å²) in [5.74, 6) is -0.640. The lowest BCUT2D eigenvalue weighted by atomic mass is 9.73. The van der Waals surface area contributed by atoms with Gasteiger partial charge >= 0.3 is 0 Å². The molecule has 0 aliphatic heterocycles. The molecule has 0 spiro atoms. The van der Waals surface area contributed by atoms with Crippen molar-refractivity contribution in [2.45, 2.75) is 78.6 Å². The molecule has 0 amide bonds. The zero-order valence-electron chi connectivity index (χ0n) is 19.3. The third-order valence-electron chi connectivity index (χ3n) is 6.16. The van der Waals surface area contributed by atoms with E-state index in [1.807, 2.05) is 20.8 Å². The van der Waals surface area contributed by atoms with E-state index in [-0.39, 0.29) is 47.8 Å². The van der Waals surface area contributed by atoms with Crippen molar-refractivity contribution in [1.82, 2.24) is 0 Å². The largest absolute Gasteiger partial charge is 0.410 e. The number of carbonyl (C=O) groups excluding carboxylic acids is 2. The zero-order valence-corrected chi connectivity index (χ0v) is 20.3. The fourth-order valence-corrected chi connectivity index (χ4v) is 4.18. The molecule has 28 heavy (non-hydrogen) atoms. The monoisotopic (exact) mass is 412 g/mol. The van der Waals surface area contributed by atoms with Gasteiger partial charge in [0.05, 0.1) is 6.61 Å². The molecule has 0 radical (unpaired) electrons. The molecule has 0 fully saturated rings. The highest BCUT2D eigenvalue weighted by molar-refractivity contribution is 6.74. The molecule has 0 aromatic rings. The van der Waals surface area contributed by atoms with Crippen LogP contribution < -0.4 is 0 Å². The quantitative estimate of drug-likeness (QED) is 0.294. The van der Waals surface area contributed by atoms with Crippen molar-refractivity contribution >= 4 is 19.9 Å².